The molecule has 1 aromatic heterocycles. The summed E-state index contributed by atoms with van der Waals surface area (Å²) in [5.41, 5.74) is 3.58. The summed E-state index contributed by atoms with van der Waals surface area (Å²) in [5, 5.41) is 2.91. The lowest BCUT2D eigenvalue weighted by molar-refractivity contribution is -0.132. The zero-order chi connectivity index (χ0) is 18.3. The molecule has 1 aromatic carbocycles. The van der Waals surface area contributed by atoms with Crippen molar-refractivity contribution < 1.29 is 9.59 Å². The second kappa shape index (κ2) is 6.40. The molecular formula is C19H21N5O2. The summed E-state index contributed by atoms with van der Waals surface area (Å²) in [5.74, 6) is 0.840. The summed E-state index contributed by atoms with van der Waals surface area (Å²) < 4.78 is 0. The Morgan fingerprint density at radius 2 is 2.12 bits per heavy atom. The number of nitrogens with one attached hydrogen (secondary N) is 1. The van der Waals surface area contributed by atoms with Gasteiger partial charge in [0, 0.05) is 31.8 Å². The van der Waals surface area contributed by atoms with Crippen LogP contribution >= 0.6 is 0 Å². The highest BCUT2D eigenvalue weighted by Gasteiger charge is 2.32. The fourth-order valence-corrected chi connectivity index (χ4v) is 3.72. The number of carbonyl (C=O) groups excluding carboxylic acids is 2. The molecule has 1 atom stereocenters. The minimum absolute atomic E-state index is 0.0302. The summed E-state index contributed by atoms with van der Waals surface area (Å²) in [6.07, 6.45) is 2.56. The molecule has 2 aromatic rings. The normalized spacial score (nSPS) is 18.2. The number of rotatable bonds is 3. The zero-order valence-electron chi connectivity index (χ0n) is 14.9. The van der Waals surface area contributed by atoms with Crippen molar-refractivity contribution in [1.29, 1.82) is 0 Å². The Labute approximate surface area is 152 Å². The van der Waals surface area contributed by atoms with E-state index in [1.807, 2.05) is 42.1 Å². The molecule has 3 heterocycles. The van der Waals surface area contributed by atoms with Crippen molar-refractivity contribution in [2.75, 3.05) is 25.5 Å². The number of hydrogen-bond acceptors (Lipinski definition) is 5. The smallest absolute Gasteiger partial charge is 0.252 e. The largest absolute Gasteiger partial charge is 0.362 e. The molecule has 0 saturated carbocycles. The molecule has 2 aliphatic heterocycles. The maximum atomic E-state index is 12.8. The van der Waals surface area contributed by atoms with Gasteiger partial charge in [0.25, 0.3) is 5.91 Å². The molecule has 0 saturated heterocycles. The molecule has 26 heavy (non-hydrogen) atoms. The van der Waals surface area contributed by atoms with Crippen molar-refractivity contribution in [1.82, 2.24) is 20.2 Å². The zero-order valence-corrected chi connectivity index (χ0v) is 14.9. The third-order valence-corrected chi connectivity index (χ3v) is 5.03. The van der Waals surface area contributed by atoms with E-state index >= 15 is 0 Å². The number of carbonyl (C=O) groups is 2. The lowest BCUT2D eigenvalue weighted by Gasteiger charge is -2.30. The molecule has 0 bridgehead atoms. The van der Waals surface area contributed by atoms with Gasteiger partial charge in [-0.15, -0.1) is 0 Å². The Morgan fingerprint density at radius 3 is 2.92 bits per heavy atom. The van der Waals surface area contributed by atoms with E-state index in [4.69, 9.17) is 0 Å². The van der Waals surface area contributed by atoms with Crippen molar-refractivity contribution in [2.45, 2.75) is 25.4 Å². The number of nitrogens with zero attached hydrogens (tertiary/aromatic N) is 4. The van der Waals surface area contributed by atoms with Crippen molar-refractivity contribution in [3.63, 3.8) is 0 Å². The molecular weight excluding hydrogens is 330 g/mol. The van der Waals surface area contributed by atoms with Crippen LogP contribution in [0.5, 0.6) is 0 Å². The van der Waals surface area contributed by atoms with Crippen LogP contribution in [0, 0.1) is 0 Å². The first-order valence-corrected chi connectivity index (χ1v) is 8.72. The van der Waals surface area contributed by atoms with Crippen molar-refractivity contribution in [3.05, 3.63) is 53.0 Å². The fourth-order valence-electron chi connectivity index (χ4n) is 3.72. The van der Waals surface area contributed by atoms with Gasteiger partial charge < -0.3 is 15.1 Å². The van der Waals surface area contributed by atoms with E-state index in [2.05, 4.69) is 15.3 Å². The number of benzene rings is 1. The molecule has 0 fully saturated rings. The van der Waals surface area contributed by atoms with E-state index in [9.17, 15) is 9.59 Å². The van der Waals surface area contributed by atoms with E-state index in [1.165, 1.54) is 0 Å². The van der Waals surface area contributed by atoms with Crippen molar-refractivity contribution in [2.24, 2.45) is 0 Å². The summed E-state index contributed by atoms with van der Waals surface area (Å²) in [7, 11) is 3.92. The minimum atomic E-state index is -0.254. The molecule has 2 aliphatic rings. The van der Waals surface area contributed by atoms with Crippen LogP contribution in [0.25, 0.3) is 0 Å². The van der Waals surface area contributed by atoms with Gasteiger partial charge in [-0.2, -0.15) is 0 Å². The second-order valence-corrected chi connectivity index (χ2v) is 6.90. The lowest BCUT2D eigenvalue weighted by atomic mass is 10.0. The first-order valence-electron chi connectivity index (χ1n) is 8.72. The van der Waals surface area contributed by atoms with Crippen LogP contribution < -0.4 is 10.2 Å². The number of hydrogen-bond donors (Lipinski definition) is 1. The Hall–Kier alpha value is -2.96. The first kappa shape index (κ1) is 16.5. The quantitative estimate of drug-likeness (QED) is 0.902. The molecule has 4 rings (SSSR count). The molecule has 1 N–H and O–H groups in total. The molecule has 2 amide bonds. The van der Waals surface area contributed by atoms with Crippen LogP contribution in [0.3, 0.4) is 0 Å². The Kier molecular flexibility index (Phi) is 4.06. The second-order valence-electron chi connectivity index (χ2n) is 6.90. The van der Waals surface area contributed by atoms with Gasteiger partial charge in [-0.25, -0.2) is 9.97 Å². The summed E-state index contributed by atoms with van der Waals surface area (Å²) >= 11 is 0. The van der Waals surface area contributed by atoms with E-state index < -0.39 is 0 Å². The average Bonchev–Trinajstić information content (AvgIpc) is 2.96. The van der Waals surface area contributed by atoms with Gasteiger partial charge in [0.2, 0.25) is 5.91 Å². The topological polar surface area (TPSA) is 78.4 Å². The summed E-state index contributed by atoms with van der Waals surface area (Å²) in [6.45, 7) is 1.13. The molecule has 7 nitrogen and oxygen atoms in total. The fraction of sp³-hybridized carbons (Fsp3) is 0.368. The molecule has 0 spiro atoms. The van der Waals surface area contributed by atoms with Gasteiger partial charge in [0.05, 0.1) is 24.7 Å². The maximum Gasteiger partial charge on any atom is 0.252 e. The number of amides is 2. The molecule has 1 unspecified atom stereocenters. The van der Waals surface area contributed by atoms with Crippen molar-refractivity contribution >= 4 is 17.6 Å². The first-order chi connectivity index (χ1) is 12.5. The lowest BCUT2D eigenvalue weighted by Crippen LogP contribution is -2.38. The van der Waals surface area contributed by atoms with Gasteiger partial charge in [-0.1, -0.05) is 18.2 Å². The highest BCUT2D eigenvalue weighted by atomic mass is 16.2. The molecule has 134 valence electrons. The summed E-state index contributed by atoms with van der Waals surface area (Å²) in [6, 6.07) is 7.19. The van der Waals surface area contributed by atoms with Crippen molar-refractivity contribution in [3.8, 4) is 0 Å². The third-order valence-electron chi connectivity index (χ3n) is 5.03. The average molecular weight is 351 g/mol. The maximum absolute atomic E-state index is 12.8. The van der Waals surface area contributed by atoms with Gasteiger partial charge in [0.15, 0.2) is 0 Å². The monoisotopic (exact) mass is 351 g/mol. The highest BCUT2D eigenvalue weighted by Crippen LogP contribution is 2.29. The van der Waals surface area contributed by atoms with E-state index in [1.54, 1.807) is 12.4 Å². The third kappa shape index (κ3) is 2.79. The Balaban J connectivity index is 1.49. The Morgan fingerprint density at radius 1 is 1.31 bits per heavy atom. The molecule has 7 heteroatoms. The van der Waals surface area contributed by atoms with Gasteiger partial charge in [-0.05, 0) is 18.1 Å². The minimum Gasteiger partial charge on any atom is -0.362 e. The number of fused-ring (bicyclic) bond motifs is 2. The van der Waals surface area contributed by atoms with E-state index in [-0.39, 0.29) is 24.3 Å². The van der Waals surface area contributed by atoms with E-state index in [0.717, 1.165) is 29.1 Å². The number of anilines is 1. The van der Waals surface area contributed by atoms with Crippen LogP contribution in [-0.2, 0) is 17.8 Å². The Bertz CT molecular complexity index is 880. The predicted octanol–water partition coefficient (Wildman–Crippen LogP) is 1.30. The highest BCUT2D eigenvalue weighted by molar-refractivity contribution is 5.99. The van der Waals surface area contributed by atoms with Crippen LogP contribution in [0.15, 0.2) is 30.6 Å². The van der Waals surface area contributed by atoms with Gasteiger partial charge in [-0.3, -0.25) is 9.59 Å². The standard InChI is InChI=1S/C19H21N5O2/c1-23(2)18-14-7-8-24(10-16(14)20-11-21-18)17(25)9-15-12-5-3-4-6-13(12)19(26)22-15/h3-6,11,15H,7-10H2,1-2H3,(H,22,26). The summed E-state index contributed by atoms with van der Waals surface area (Å²) in [4.78, 5) is 37.4. The van der Waals surface area contributed by atoms with Crippen LogP contribution in [-0.4, -0.2) is 47.3 Å². The van der Waals surface area contributed by atoms with E-state index in [0.29, 0.717) is 18.7 Å². The van der Waals surface area contributed by atoms with Crippen LogP contribution in [0.1, 0.15) is 39.6 Å². The number of aromatic nitrogens is 2. The SMILES string of the molecule is CN(C)c1ncnc2c1CCN(C(=O)CC1NC(=O)c3ccccc31)C2. The van der Waals surface area contributed by atoms with Gasteiger partial charge >= 0.3 is 0 Å². The van der Waals surface area contributed by atoms with Crippen LogP contribution in [0.4, 0.5) is 5.82 Å². The van der Waals surface area contributed by atoms with Crippen LogP contribution in [0.2, 0.25) is 0 Å². The molecule has 0 radical (unpaired) electrons. The predicted molar refractivity (Wildman–Crippen MR) is 96.7 cm³/mol. The molecule has 0 aliphatic carbocycles. The van der Waals surface area contributed by atoms with Gasteiger partial charge in [0.1, 0.15) is 12.1 Å².